The normalized spacial score (nSPS) is 23.9. The van der Waals surface area contributed by atoms with Crippen LogP contribution in [-0.4, -0.2) is 22.0 Å². The van der Waals surface area contributed by atoms with E-state index in [0.717, 1.165) is 22.3 Å². The fourth-order valence-corrected chi connectivity index (χ4v) is 3.54. The van der Waals surface area contributed by atoms with Crippen molar-refractivity contribution in [1.29, 1.82) is 0 Å². The van der Waals surface area contributed by atoms with Gasteiger partial charge in [0.15, 0.2) is 0 Å². The van der Waals surface area contributed by atoms with Crippen molar-refractivity contribution in [2.24, 2.45) is 0 Å². The molecule has 0 aliphatic heterocycles. The van der Waals surface area contributed by atoms with Crippen LogP contribution in [0.25, 0.3) is 0 Å². The van der Waals surface area contributed by atoms with E-state index in [1.807, 2.05) is 13.0 Å². The maximum Gasteiger partial charge on any atom is 0.126 e. The average Bonchev–Trinajstić information content (AvgIpc) is 2.72. The Hall–Kier alpha value is -0.900. The van der Waals surface area contributed by atoms with Crippen LogP contribution in [0.4, 0.5) is 11.5 Å². The minimum Gasteiger partial charge on any atom is -0.397 e. The van der Waals surface area contributed by atoms with E-state index in [9.17, 15) is 0 Å². The number of aromatic nitrogens is 1. The van der Waals surface area contributed by atoms with Gasteiger partial charge in [0, 0.05) is 11.3 Å². The summed E-state index contributed by atoms with van der Waals surface area (Å²) in [5.41, 5.74) is 7.64. The van der Waals surface area contributed by atoms with Crippen LogP contribution in [0.5, 0.6) is 0 Å². The van der Waals surface area contributed by atoms with Crippen molar-refractivity contribution < 1.29 is 0 Å². The third-order valence-corrected chi connectivity index (χ3v) is 4.64. The van der Waals surface area contributed by atoms with E-state index >= 15 is 0 Å². The van der Waals surface area contributed by atoms with Crippen LogP contribution in [-0.2, 0) is 0 Å². The molecule has 0 spiro atoms. The predicted molar refractivity (Wildman–Crippen MR) is 76.6 cm³/mol. The zero-order valence-electron chi connectivity index (χ0n) is 10.6. The number of nitrogen functional groups attached to an aromatic ring is 1. The van der Waals surface area contributed by atoms with Gasteiger partial charge in [-0.25, -0.2) is 4.98 Å². The topological polar surface area (TPSA) is 50.9 Å². The summed E-state index contributed by atoms with van der Waals surface area (Å²) in [4.78, 5) is 4.35. The molecule has 1 aromatic heterocycles. The van der Waals surface area contributed by atoms with Crippen molar-refractivity contribution in [2.45, 2.75) is 44.4 Å². The third-order valence-electron chi connectivity index (χ3n) is 3.32. The lowest BCUT2D eigenvalue weighted by atomic mass is 10.2. The molecule has 0 amide bonds. The van der Waals surface area contributed by atoms with Gasteiger partial charge in [-0.1, -0.05) is 13.3 Å². The molecule has 2 unspecified atom stereocenters. The second kappa shape index (κ2) is 5.63. The molecule has 1 heterocycles. The third kappa shape index (κ3) is 3.06. The molecule has 2 rings (SSSR count). The van der Waals surface area contributed by atoms with Gasteiger partial charge in [0.2, 0.25) is 0 Å². The van der Waals surface area contributed by atoms with Crippen LogP contribution < -0.4 is 11.1 Å². The number of aryl methyl sites for hydroxylation is 1. The van der Waals surface area contributed by atoms with Crippen LogP contribution in [0, 0.1) is 6.92 Å². The summed E-state index contributed by atoms with van der Waals surface area (Å²) in [6.45, 7) is 4.25. The number of nitrogens with two attached hydrogens (primary N) is 1. The summed E-state index contributed by atoms with van der Waals surface area (Å²) in [6, 6.07) is 2.61. The highest BCUT2D eigenvalue weighted by Crippen LogP contribution is 2.31. The maximum atomic E-state index is 5.78. The Bertz CT molecular complexity index is 381. The first-order chi connectivity index (χ1) is 8.20. The molecule has 3 nitrogen and oxygen atoms in total. The zero-order chi connectivity index (χ0) is 12.3. The lowest BCUT2D eigenvalue weighted by Crippen LogP contribution is -2.26. The van der Waals surface area contributed by atoms with E-state index in [-0.39, 0.29) is 0 Å². The van der Waals surface area contributed by atoms with Crippen LogP contribution in [0.15, 0.2) is 12.3 Å². The van der Waals surface area contributed by atoms with Gasteiger partial charge in [0.1, 0.15) is 5.82 Å². The van der Waals surface area contributed by atoms with E-state index in [4.69, 9.17) is 5.73 Å². The number of thioether (sulfide) groups is 1. The molecule has 1 fully saturated rings. The quantitative estimate of drug-likeness (QED) is 0.863. The van der Waals surface area contributed by atoms with Gasteiger partial charge in [0.05, 0.1) is 11.9 Å². The smallest absolute Gasteiger partial charge is 0.126 e. The molecule has 1 aliphatic rings. The largest absolute Gasteiger partial charge is 0.397 e. The van der Waals surface area contributed by atoms with E-state index < -0.39 is 0 Å². The Morgan fingerprint density at radius 1 is 1.53 bits per heavy atom. The molecule has 0 radical (unpaired) electrons. The van der Waals surface area contributed by atoms with Gasteiger partial charge < -0.3 is 11.1 Å². The molecular formula is C13H21N3S. The highest BCUT2D eigenvalue weighted by Gasteiger charge is 2.27. The Balaban J connectivity index is 2.02. The number of pyridine rings is 1. The summed E-state index contributed by atoms with van der Waals surface area (Å²) in [7, 11) is 0. The van der Waals surface area contributed by atoms with Gasteiger partial charge in [-0.3, -0.25) is 0 Å². The number of anilines is 2. The second-order valence-electron chi connectivity index (χ2n) is 4.60. The molecule has 1 aliphatic carbocycles. The van der Waals surface area contributed by atoms with Crippen LogP contribution in [0.1, 0.15) is 31.7 Å². The number of nitrogens with zero attached hydrogens (tertiary/aromatic N) is 1. The minimum absolute atomic E-state index is 0.565. The average molecular weight is 251 g/mol. The molecule has 0 aromatic carbocycles. The van der Waals surface area contributed by atoms with Gasteiger partial charge in [-0.05, 0) is 37.1 Å². The number of rotatable bonds is 4. The van der Waals surface area contributed by atoms with Crippen molar-refractivity contribution in [2.75, 3.05) is 16.8 Å². The van der Waals surface area contributed by atoms with Crippen LogP contribution >= 0.6 is 11.8 Å². The molecule has 3 N–H and O–H groups in total. The summed E-state index contributed by atoms with van der Waals surface area (Å²) >= 11 is 2.06. The SMILES string of the molecule is CCSC1CCCC1Nc1cc(C)c(N)cn1. The predicted octanol–water partition coefficient (Wildman–Crippen LogP) is 3.06. The van der Waals surface area contributed by atoms with E-state index in [1.54, 1.807) is 6.20 Å². The Morgan fingerprint density at radius 2 is 2.35 bits per heavy atom. The van der Waals surface area contributed by atoms with E-state index in [0.29, 0.717) is 6.04 Å². The first-order valence-corrected chi connectivity index (χ1v) is 7.36. The highest BCUT2D eigenvalue weighted by atomic mass is 32.2. The first kappa shape index (κ1) is 12.6. The molecule has 4 heteroatoms. The molecule has 17 heavy (non-hydrogen) atoms. The maximum absolute atomic E-state index is 5.78. The minimum atomic E-state index is 0.565. The van der Waals surface area contributed by atoms with E-state index in [1.165, 1.54) is 25.0 Å². The number of hydrogen-bond donors (Lipinski definition) is 2. The second-order valence-corrected chi connectivity index (χ2v) is 6.12. The monoisotopic (exact) mass is 251 g/mol. The summed E-state index contributed by atoms with van der Waals surface area (Å²) < 4.78 is 0. The van der Waals surface area contributed by atoms with Gasteiger partial charge in [0.25, 0.3) is 0 Å². The fourth-order valence-electron chi connectivity index (χ4n) is 2.34. The number of nitrogens with one attached hydrogen (secondary N) is 1. The molecule has 1 saturated carbocycles. The Morgan fingerprint density at radius 3 is 3.06 bits per heavy atom. The molecule has 2 atom stereocenters. The molecule has 0 saturated heterocycles. The van der Waals surface area contributed by atoms with Crippen molar-refractivity contribution in [3.8, 4) is 0 Å². The zero-order valence-corrected chi connectivity index (χ0v) is 11.4. The van der Waals surface area contributed by atoms with Crippen LogP contribution in [0.3, 0.4) is 0 Å². The summed E-state index contributed by atoms with van der Waals surface area (Å²) in [6.07, 6.45) is 5.64. The van der Waals surface area contributed by atoms with Crippen LogP contribution in [0.2, 0.25) is 0 Å². The highest BCUT2D eigenvalue weighted by molar-refractivity contribution is 7.99. The lowest BCUT2D eigenvalue weighted by Gasteiger charge is -2.21. The van der Waals surface area contributed by atoms with E-state index in [2.05, 4.69) is 29.0 Å². The van der Waals surface area contributed by atoms with Crippen molar-refractivity contribution in [3.63, 3.8) is 0 Å². The van der Waals surface area contributed by atoms with Crippen molar-refractivity contribution in [3.05, 3.63) is 17.8 Å². The van der Waals surface area contributed by atoms with Gasteiger partial charge in [-0.2, -0.15) is 11.8 Å². The first-order valence-electron chi connectivity index (χ1n) is 6.31. The Labute approximate surface area is 108 Å². The standard InChI is InChI=1S/C13H21N3S/c1-3-17-12-6-4-5-11(12)16-13-7-9(2)10(14)8-15-13/h7-8,11-12H,3-6,14H2,1-2H3,(H,15,16). The van der Waals surface area contributed by atoms with Crippen molar-refractivity contribution >= 4 is 23.3 Å². The molecule has 1 aromatic rings. The van der Waals surface area contributed by atoms with Gasteiger partial charge in [-0.15, -0.1) is 0 Å². The molecular weight excluding hydrogens is 230 g/mol. The number of hydrogen-bond acceptors (Lipinski definition) is 4. The van der Waals surface area contributed by atoms with Gasteiger partial charge >= 0.3 is 0 Å². The Kier molecular flexibility index (Phi) is 4.15. The summed E-state index contributed by atoms with van der Waals surface area (Å²) in [5, 5.41) is 4.29. The molecule has 0 bridgehead atoms. The lowest BCUT2D eigenvalue weighted by molar-refractivity contribution is 0.762. The van der Waals surface area contributed by atoms with Crippen molar-refractivity contribution in [1.82, 2.24) is 4.98 Å². The fraction of sp³-hybridized carbons (Fsp3) is 0.615. The molecule has 94 valence electrons. The summed E-state index contributed by atoms with van der Waals surface area (Å²) in [5.74, 6) is 2.15.